The summed E-state index contributed by atoms with van der Waals surface area (Å²) in [6.45, 7) is 0.497. The molecular formula is C20H14BrN5OS. The van der Waals surface area contributed by atoms with E-state index in [-0.39, 0.29) is 5.75 Å². The zero-order valence-corrected chi connectivity index (χ0v) is 16.9. The highest BCUT2D eigenvalue weighted by molar-refractivity contribution is 9.10. The van der Waals surface area contributed by atoms with Crippen LogP contribution in [0.4, 0.5) is 5.69 Å². The molecular weight excluding hydrogens is 438 g/mol. The molecule has 0 saturated heterocycles. The van der Waals surface area contributed by atoms with Crippen LogP contribution in [-0.2, 0) is 6.54 Å². The smallest absolute Gasteiger partial charge is 0.139 e. The Morgan fingerprint density at radius 3 is 2.79 bits per heavy atom. The fourth-order valence-electron chi connectivity index (χ4n) is 2.88. The number of rotatable bonds is 5. The number of phenols is 1. The van der Waals surface area contributed by atoms with E-state index in [2.05, 4.69) is 32.1 Å². The van der Waals surface area contributed by atoms with Gasteiger partial charge in [-0.25, -0.2) is 4.98 Å². The van der Waals surface area contributed by atoms with Crippen LogP contribution >= 0.6 is 27.3 Å². The molecule has 0 aliphatic rings. The van der Waals surface area contributed by atoms with Gasteiger partial charge in [0, 0.05) is 5.56 Å². The Balaban J connectivity index is 1.78. The largest absolute Gasteiger partial charge is 0.507 e. The lowest BCUT2D eigenvalue weighted by molar-refractivity contribution is 0.471. The average molecular weight is 452 g/mol. The molecule has 138 valence electrons. The van der Waals surface area contributed by atoms with E-state index in [9.17, 15) is 10.4 Å². The van der Waals surface area contributed by atoms with Crippen LogP contribution in [0.5, 0.6) is 5.75 Å². The number of aromatic hydroxyl groups is 1. The summed E-state index contributed by atoms with van der Waals surface area (Å²) in [6.07, 6.45) is 3.10. The fourth-order valence-corrected chi connectivity index (χ4v) is 3.96. The molecule has 0 unspecified atom stereocenters. The topological polar surface area (TPSA) is 78.0 Å². The summed E-state index contributed by atoms with van der Waals surface area (Å²) in [5, 5.41) is 29.5. The molecule has 0 saturated carbocycles. The molecule has 0 amide bonds. The number of hydrogen-bond acceptors (Lipinski definition) is 6. The highest BCUT2D eigenvalue weighted by atomic mass is 79.9. The van der Waals surface area contributed by atoms with Gasteiger partial charge >= 0.3 is 0 Å². The first-order valence-electron chi connectivity index (χ1n) is 8.32. The third-order valence-electron chi connectivity index (χ3n) is 4.25. The molecule has 6 nitrogen and oxygen atoms in total. The van der Waals surface area contributed by atoms with E-state index in [0.717, 1.165) is 22.4 Å². The van der Waals surface area contributed by atoms with Gasteiger partial charge in [-0.3, -0.25) is 5.01 Å². The molecule has 0 aliphatic carbocycles. The molecule has 1 N–H and O–H groups in total. The summed E-state index contributed by atoms with van der Waals surface area (Å²) in [7, 11) is 0. The van der Waals surface area contributed by atoms with Gasteiger partial charge in [0.05, 0.1) is 28.3 Å². The Morgan fingerprint density at radius 2 is 2.11 bits per heavy atom. The molecule has 4 aromatic rings. The minimum atomic E-state index is 0.189. The highest BCUT2D eigenvalue weighted by Crippen LogP contribution is 2.31. The van der Waals surface area contributed by atoms with Crippen molar-refractivity contribution in [2.75, 3.05) is 5.01 Å². The van der Waals surface area contributed by atoms with E-state index in [4.69, 9.17) is 0 Å². The molecule has 0 radical (unpaired) electrons. The standard InChI is InChI=1S/C20H14BrN5OS/c21-19-7-14(1-4-20(19)27)10-25(26-13-23-12-24-26)17-3-2-15(9-22)18(8-17)16-5-6-28-11-16/h1-8,11-13,27H,10H2. The van der Waals surface area contributed by atoms with Gasteiger partial charge in [-0.1, -0.05) is 6.07 Å². The van der Waals surface area contributed by atoms with Gasteiger partial charge in [0.15, 0.2) is 0 Å². The lowest BCUT2D eigenvalue weighted by Gasteiger charge is -2.25. The van der Waals surface area contributed by atoms with Crippen LogP contribution in [0.25, 0.3) is 11.1 Å². The van der Waals surface area contributed by atoms with Crippen LogP contribution in [0.1, 0.15) is 11.1 Å². The third kappa shape index (κ3) is 3.63. The van der Waals surface area contributed by atoms with Crippen LogP contribution in [0.15, 0.2) is 70.4 Å². The van der Waals surface area contributed by atoms with Crippen molar-refractivity contribution in [2.24, 2.45) is 0 Å². The van der Waals surface area contributed by atoms with Gasteiger partial charge in [0.25, 0.3) is 0 Å². The number of thiophene rings is 1. The number of benzene rings is 2. The quantitative estimate of drug-likeness (QED) is 0.470. The molecule has 8 heteroatoms. The minimum Gasteiger partial charge on any atom is -0.507 e. The van der Waals surface area contributed by atoms with Crippen molar-refractivity contribution in [3.8, 4) is 22.9 Å². The van der Waals surface area contributed by atoms with Crippen molar-refractivity contribution in [3.63, 3.8) is 0 Å². The van der Waals surface area contributed by atoms with Crippen LogP contribution < -0.4 is 5.01 Å². The molecule has 0 fully saturated rings. The second-order valence-electron chi connectivity index (χ2n) is 6.01. The number of nitrogens with zero attached hydrogens (tertiary/aromatic N) is 5. The number of anilines is 1. The van der Waals surface area contributed by atoms with Crippen molar-refractivity contribution in [1.82, 2.24) is 14.9 Å². The summed E-state index contributed by atoms with van der Waals surface area (Å²) < 4.78 is 0.627. The first-order chi connectivity index (χ1) is 13.7. The van der Waals surface area contributed by atoms with E-state index in [1.807, 2.05) is 52.2 Å². The zero-order valence-electron chi connectivity index (χ0n) is 14.5. The first kappa shape index (κ1) is 18.2. The van der Waals surface area contributed by atoms with Crippen molar-refractivity contribution in [2.45, 2.75) is 6.54 Å². The average Bonchev–Trinajstić information content (AvgIpc) is 3.42. The fraction of sp³-hybridized carbons (Fsp3) is 0.0500. The summed E-state index contributed by atoms with van der Waals surface area (Å²) in [4.78, 5) is 5.71. The van der Waals surface area contributed by atoms with E-state index in [0.29, 0.717) is 16.6 Å². The van der Waals surface area contributed by atoms with Crippen LogP contribution in [0, 0.1) is 11.3 Å². The SMILES string of the molecule is N#Cc1ccc(N(Cc2ccc(O)c(Br)c2)n2cncn2)cc1-c1ccsc1. The van der Waals surface area contributed by atoms with Gasteiger partial charge in [0.2, 0.25) is 0 Å². The predicted molar refractivity (Wildman–Crippen MR) is 112 cm³/mol. The summed E-state index contributed by atoms with van der Waals surface area (Å²) in [5.74, 6) is 0.189. The van der Waals surface area contributed by atoms with Crippen molar-refractivity contribution in [1.29, 1.82) is 5.26 Å². The number of aromatic nitrogens is 3. The van der Waals surface area contributed by atoms with E-state index in [1.165, 1.54) is 6.33 Å². The molecule has 0 aliphatic heterocycles. The maximum atomic E-state index is 9.76. The molecule has 2 heterocycles. The molecule has 28 heavy (non-hydrogen) atoms. The third-order valence-corrected chi connectivity index (χ3v) is 5.57. The van der Waals surface area contributed by atoms with Gasteiger partial charge in [-0.15, -0.1) is 5.10 Å². The second kappa shape index (κ2) is 7.84. The summed E-state index contributed by atoms with van der Waals surface area (Å²) in [5.41, 5.74) is 4.34. The van der Waals surface area contributed by atoms with Crippen molar-refractivity contribution >= 4 is 33.0 Å². The van der Waals surface area contributed by atoms with Crippen LogP contribution in [0.2, 0.25) is 0 Å². The van der Waals surface area contributed by atoms with Crippen molar-refractivity contribution < 1.29 is 5.11 Å². The van der Waals surface area contributed by atoms with E-state index < -0.39 is 0 Å². The highest BCUT2D eigenvalue weighted by Gasteiger charge is 2.15. The summed E-state index contributed by atoms with van der Waals surface area (Å²) in [6, 6.07) is 15.3. The monoisotopic (exact) mass is 451 g/mol. The number of hydrogen-bond donors (Lipinski definition) is 1. The molecule has 0 bridgehead atoms. The Hall–Kier alpha value is -3.15. The number of nitriles is 1. The Labute approximate surface area is 174 Å². The number of halogens is 1. The van der Waals surface area contributed by atoms with Crippen LogP contribution in [0.3, 0.4) is 0 Å². The Morgan fingerprint density at radius 1 is 1.21 bits per heavy atom. The first-order valence-corrected chi connectivity index (χ1v) is 10.1. The van der Waals surface area contributed by atoms with Gasteiger partial charge < -0.3 is 5.11 Å². The van der Waals surface area contributed by atoms with Gasteiger partial charge in [-0.05, 0) is 74.2 Å². The molecule has 2 aromatic heterocycles. The lowest BCUT2D eigenvalue weighted by Crippen LogP contribution is -2.29. The lowest BCUT2D eigenvalue weighted by atomic mass is 10.0. The second-order valence-corrected chi connectivity index (χ2v) is 7.65. The zero-order chi connectivity index (χ0) is 19.5. The maximum absolute atomic E-state index is 9.76. The molecule has 0 spiro atoms. The van der Waals surface area contributed by atoms with Gasteiger partial charge in [-0.2, -0.15) is 21.4 Å². The van der Waals surface area contributed by atoms with E-state index in [1.54, 1.807) is 28.5 Å². The number of phenolic OH excluding ortho intramolecular Hbond substituents is 1. The Bertz CT molecular complexity index is 1140. The molecule has 2 aromatic carbocycles. The predicted octanol–water partition coefficient (Wildman–Crippen LogP) is 4.82. The Kier molecular flexibility index (Phi) is 5.10. The van der Waals surface area contributed by atoms with Crippen LogP contribution in [-0.4, -0.2) is 20.0 Å². The molecule has 0 atom stereocenters. The van der Waals surface area contributed by atoms with Gasteiger partial charge in [0.1, 0.15) is 18.4 Å². The van der Waals surface area contributed by atoms with Crippen molar-refractivity contribution in [3.05, 3.63) is 81.5 Å². The van der Waals surface area contributed by atoms with E-state index >= 15 is 0 Å². The maximum Gasteiger partial charge on any atom is 0.139 e. The minimum absolute atomic E-state index is 0.189. The molecule has 4 rings (SSSR count). The normalized spacial score (nSPS) is 10.6. The summed E-state index contributed by atoms with van der Waals surface area (Å²) >= 11 is 4.95.